The Hall–Kier alpha value is -1.09. The van der Waals surface area contributed by atoms with E-state index in [2.05, 4.69) is 24.1 Å². The van der Waals surface area contributed by atoms with Gasteiger partial charge in [0.05, 0.1) is 12.3 Å². The van der Waals surface area contributed by atoms with Gasteiger partial charge in [-0.3, -0.25) is 0 Å². The Morgan fingerprint density at radius 3 is 2.67 bits per heavy atom. The summed E-state index contributed by atoms with van der Waals surface area (Å²) in [6, 6.07) is 5.66. The number of aromatic nitrogens is 1. The van der Waals surface area contributed by atoms with E-state index < -0.39 is 0 Å². The second kappa shape index (κ2) is 6.40. The molecule has 0 aromatic carbocycles. The van der Waals surface area contributed by atoms with E-state index in [1.54, 1.807) is 0 Å². The first kappa shape index (κ1) is 12.0. The van der Waals surface area contributed by atoms with Crippen molar-refractivity contribution in [2.75, 3.05) is 11.9 Å². The molecule has 3 heteroatoms. The van der Waals surface area contributed by atoms with Crippen LogP contribution in [0.25, 0.3) is 0 Å². The molecule has 1 rings (SSSR count). The van der Waals surface area contributed by atoms with Crippen molar-refractivity contribution in [2.24, 2.45) is 5.92 Å². The van der Waals surface area contributed by atoms with E-state index in [1.807, 2.05) is 18.2 Å². The lowest BCUT2D eigenvalue weighted by Crippen LogP contribution is -2.13. The molecule has 0 radical (unpaired) electrons. The van der Waals surface area contributed by atoms with Gasteiger partial charge in [-0.25, -0.2) is 4.98 Å². The van der Waals surface area contributed by atoms with Crippen LogP contribution < -0.4 is 5.32 Å². The molecule has 1 heterocycles. The summed E-state index contributed by atoms with van der Waals surface area (Å²) in [7, 11) is 0. The van der Waals surface area contributed by atoms with E-state index in [-0.39, 0.29) is 6.61 Å². The maximum atomic E-state index is 8.94. The van der Waals surface area contributed by atoms with Crippen LogP contribution in [0.2, 0.25) is 0 Å². The van der Waals surface area contributed by atoms with Crippen LogP contribution in [0, 0.1) is 5.92 Å². The predicted octanol–water partition coefficient (Wildman–Crippen LogP) is 2.42. The number of hydrogen-bond donors (Lipinski definition) is 2. The fraction of sp³-hybridized carbons (Fsp3) is 0.583. The SMILES string of the molecule is CCC(CC)CNc1cccc(CO)n1. The number of aliphatic hydroxyl groups is 1. The lowest BCUT2D eigenvalue weighted by atomic mass is 10.0. The molecule has 0 aliphatic heterocycles. The molecule has 0 amide bonds. The van der Waals surface area contributed by atoms with Gasteiger partial charge in [-0.1, -0.05) is 32.8 Å². The zero-order chi connectivity index (χ0) is 11.1. The fourth-order valence-corrected chi connectivity index (χ4v) is 1.49. The summed E-state index contributed by atoms with van der Waals surface area (Å²) >= 11 is 0. The van der Waals surface area contributed by atoms with Crippen LogP contribution in [0.5, 0.6) is 0 Å². The molecule has 0 saturated heterocycles. The molecule has 0 aliphatic rings. The molecule has 0 atom stereocenters. The first-order chi connectivity index (χ1) is 7.30. The van der Waals surface area contributed by atoms with E-state index in [0.29, 0.717) is 11.6 Å². The third-order valence-corrected chi connectivity index (χ3v) is 2.70. The Kier molecular flexibility index (Phi) is 5.12. The van der Waals surface area contributed by atoms with Gasteiger partial charge in [0.15, 0.2) is 0 Å². The van der Waals surface area contributed by atoms with Gasteiger partial charge in [-0.2, -0.15) is 0 Å². The van der Waals surface area contributed by atoms with Crippen LogP contribution in [-0.2, 0) is 6.61 Å². The molecule has 3 nitrogen and oxygen atoms in total. The van der Waals surface area contributed by atoms with Crippen LogP contribution in [-0.4, -0.2) is 16.6 Å². The molecule has 0 bridgehead atoms. The minimum absolute atomic E-state index is 0.000500. The molecule has 84 valence electrons. The lowest BCUT2D eigenvalue weighted by Gasteiger charge is -2.13. The van der Waals surface area contributed by atoms with Crippen molar-refractivity contribution >= 4 is 5.82 Å². The summed E-state index contributed by atoms with van der Waals surface area (Å²) in [6.07, 6.45) is 2.37. The summed E-state index contributed by atoms with van der Waals surface area (Å²) in [5.74, 6) is 1.55. The van der Waals surface area contributed by atoms with Gasteiger partial charge in [0.2, 0.25) is 0 Å². The van der Waals surface area contributed by atoms with Gasteiger partial charge in [0, 0.05) is 6.54 Å². The van der Waals surface area contributed by atoms with Gasteiger partial charge in [-0.15, -0.1) is 0 Å². The van der Waals surface area contributed by atoms with E-state index in [4.69, 9.17) is 5.11 Å². The number of anilines is 1. The minimum atomic E-state index is 0.000500. The molecule has 0 fully saturated rings. The second-order valence-corrected chi connectivity index (χ2v) is 3.74. The molecular weight excluding hydrogens is 188 g/mol. The third-order valence-electron chi connectivity index (χ3n) is 2.70. The van der Waals surface area contributed by atoms with Crippen LogP contribution >= 0.6 is 0 Å². The molecule has 0 saturated carbocycles. The van der Waals surface area contributed by atoms with Crippen LogP contribution in [0.3, 0.4) is 0 Å². The first-order valence-corrected chi connectivity index (χ1v) is 5.60. The van der Waals surface area contributed by atoms with Crippen molar-refractivity contribution in [3.8, 4) is 0 Å². The zero-order valence-electron chi connectivity index (χ0n) is 9.53. The Morgan fingerprint density at radius 2 is 2.07 bits per heavy atom. The van der Waals surface area contributed by atoms with Crippen molar-refractivity contribution in [1.29, 1.82) is 0 Å². The fourth-order valence-electron chi connectivity index (χ4n) is 1.49. The molecule has 2 N–H and O–H groups in total. The standard InChI is InChI=1S/C12H20N2O/c1-3-10(4-2)8-13-12-7-5-6-11(9-15)14-12/h5-7,10,15H,3-4,8-9H2,1-2H3,(H,13,14). The highest BCUT2D eigenvalue weighted by Gasteiger charge is 2.03. The molecule has 0 aliphatic carbocycles. The van der Waals surface area contributed by atoms with Crippen LogP contribution in [0.15, 0.2) is 18.2 Å². The quantitative estimate of drug-likeness (QED) is 0.754. The highest BCUT2D eigenvalue weighted by molar-refractivity contribution is 5.35. The molecule has 15 heavy (non-hydrogen) atoms. The summed E-state index contributed by atoms with van der Waals surface area (Å²) in [4.78, 5) is 4.27. The molecule has 1 aromatic heterocycles. The average molecular weight is 208 g/mol. The second-order valence-electron chi connectivity index (χ2n) is 3.74. The van der Waals surface area contributed by atoms with E-state index in [1.165, 1.54) is 12.8 Å². The summed E-state index contributed by atoms with van der Waals surface area (Å²) in [5, 5.41) is 12.2. The molecule has 0 unspecified atom stereocenters. The van der Waals surface area contributed by atoms with E-state index in [9.17, 15) is 0 Å². The van der Waals surface area contributed by atoms with Gasteiger partial charge < -0.3 is 10.4 Å². The Balaban J connectivity index is 2.49. The summed E-state index contributed by atoms with van der Waals surface area (Å²) in [6.45, 7) is 5.36. The van der Waals surface area contributed by atoms with Crippen molar-refractivity contribution in [1.82, 2.24) is 4.98 Å². The number of pyridine rings is 1. The number of aliphatic hydroxyl groups excluding tert-OH is 1. The number of rotatable bonds is 6. The highest BCUT2D eigenvalue weighted by Crippen LogP contribution is 2.10. The Morgan fingerprint density at radius 1 is 1.33 bits per heavy atom. The normalized spacial score (nSPS) is 10.7. The maximum absolute atomic E-state index is 8.94. The maximum Gasteiger partial charge on any atom is 0.126 e. The molecule has 1 aromatic rings. The minimum Gasteiger partial charge on any atom is -0.390 e. The largest absolute Gasteiger partial charge is 0.390 e. The first-order valence-electron chi connectivity index (χ1n) is 5.60. The number of hydrogen-bond acceptors (Lipinski definition) is 3. The lowest BCUT2D eigenvalue weighted by molar-refractivity contribution is 0.277. The Labute approximate surface area is 91.5 Å². The topological polar surface area (TPSA) is 45.1 Å². The number of nitrogens with zero attached hydrogens (tertiary/aromatic N) is 1. The predicted molar refractivity (Wildman–Crippen MR) is 62.7 cm³/mol. The zero-order valence-corrected chi connectivity index (χ0v) is 9.53. The number of nitrogens with one attached hydrogen (secondary N) is 1. The van der Waals surface area contributed by atoms with Gasteiger partial charge >= 0.3 is 0 Å². The summed E-state index contributed by atoms with van der Waals surface area (Å²) < 4.78 is 0. The average Bonchev–Trinajstić information content (AvgIpc) is 2.31. The van der Waals surface area contributed by atoms with Gasteiger partial charge in [-0.05, 0) is 18.1 Å². The van der Waals surface area contributed by atoms with Crippen molar-refractivity contribution in [3.05, 3.63) is 23.9 Å². The van der Waals surface area contributed by atoms with Crippen LogP contribution in [0.4, 0.5) is 5.82 Å². The molecular formula is C12H20N2O. The van der Waals surface area contributed by atoms with Crippen molar-refractivity contribution in [2.45, 2.75) is 33.3 Å². The van der Waals surface area contributed by atoms with E-state index in [0.717, 1.165) is 12.4 Å². The van der Waals surface area contributed by atoms with Gasteiger partial charge in [0.1, 0.15) is 5.82 Å². The summed E-state index contributed by atoms with van der Waals surface area (Å²) in [5.41, 5.74) is 0.713. The van der Waals surface area contributed by atoms with E-state index >= 15 is 0 Å². The smallest absolute Gasteiger partial charge is 0.126 e. The molecule has 0 spiro atoms. The van der Waals surface area contributed by atoms with Crippen molar-refractivity contribution in [3.63, 3.8) is 0 Å². The van der Waals surface area contributed by atoms with Crippen LogP contribution in [0.1, 0.15) is 32.4 Å². The van der Waals surface area contributed by atoms with Gasteiger partial charge in [0.25, 0.3) is 0 Å². The van der Waals surface area contributed by atoms with Crippen molar-refractivity contribution < 1.29 is 5.11 Å². The highest BCUT2D eigenvalue weighted by atomic mass is 16.3. The Bertz CT molecular complexity index is 285. The monoisotopic (exact) mass is 208 g/mol. The third kappa shape index (κ3) is 3.88.